The number of para-hydroxylation sites is 2. The minimum atomic E-state index is -0.275. The zero-order valence-electron chi connectivity index (χ0n) is 17.7. The van der Waals surface area contributed by atoms with Gasteiger partial charge in [-0.3, -0.25) is 4.79 Å². The molecule has 0 atom stereocenters. The molecule has 0 fully saturated rings. The lowest BCUT2D eigenvalue weighted by Crippen LogP contribution is -2.08. The van der Waals surface area contributed by atoms with Crippen molar-refractivity contribution >= 4 is 45.2 Å². The maximum atomic E-state index is 12.4. The highest BCUT2D eigenvalue weighted by Crippen LogP contribution is 2.38. The molecular weight excluding hydrogens is 494 g/mol. The molecule has 5 nitrogen and oxygen atoms in total. The Balaban J connectivity index is 1.76. The highest BCUT2D eigenvalue weighted by atomic mass is 79.9. The predicted molar refractivity (Wildman–Crippen MR) is 132 cm³/mol. The fraction of sp³-hybridized carbons (Fsp3) is 0.160. The molecule has 7 heteroatoms. The molecule has 0 spiro atoms. The van der Waals surface area contributed by atoms with Crippen molar-refractivity contribution in [2.24, 2.45) is 0 Å². The summed E-state index contributed by atoms with van der Waals surface area (Å²) in [6.07, 6.45) is 3.16. The number of carbonyl (C=O) groups excluding carboxylic acids is 1. The predicted octanol–water partition coefficient (Wildman–Crippen LogP) is 6.74. The molecule has 0 aliphatic heterocycles. The molecule has 0 heterocycles. The molecule has 0 aliphatic rings. The van der Waals surface area contributed by atoms with Gasteiger partial charge >= 0.3 is 0 Å². The number of hydrogen-bond acceptors (Lipinski definition) is 4. The molecule has 1 amide bonds. The van der Waals surface area contributed by atoms with Gasteiger partial charge in [0, 0.05) is 16.7 Å². The Labute approximate surface area is 201 Å². The van der Waals surface area contributed by atoms with Gasteiger partial charge in [-0.2, -0.15) is 0 Å². The van der Waals surface area contributed by atoms with Crippen LogP contribution >= 0.6 is 27.5 Å². The van der Waals surface area contributed by atoms with Crippen LogP contribution < -0.4 is 19.5 Å². The van der Waals surface area contributed by atoms with Crippen LogP contribution in [0.3, 0.4) is 0 Å². The average molecular weight is 517 g/mol. The third-order valence-corrected chi connectivity index (χ3v) is 5.41. The second-order valence-corrected chi connectivity index (χ2v) is 7.93. The first-order valence-electron chi connectivity index (χ1n) is 9.96. The summed E-state index contributed by atoms with van der Waals surface area (Å²) in [5, 5.41) is 3.45. The van der Waals surface area contributed by atoms with Crippen LogP contribution in [0.15, 0.2) is 71.2 Å². The molecule has 0 aromatic heterocycles. The van der Waals surface area contributed by atoms with Crippen LogP contribution in [0, 0.1) is 0 Å². The van der Waals surface area contributed by atoms with E-state index in [1.807, 2.05) is 55.5 Å². The van der Waals surface area contributed by atoms with E-state index in [2.05, 4.69) is 21.2 Å². The average Bonchev–Trinajstić information content (AvgIpc) is 2.79. The van der Waals surface area contributed by atoms with Gasteiger partial charge in [0.1, 0.15) is 12.4 Å². The third-order valence-electron chi connectivity index (χ3n) is 4.45. The number of halogens is 2. The number of amides is 1. The first-order chi connectivity index (χ1) is 15.5. The van der Waals surface area contributed by atoms with Crippen molar-refractivity contribution in [2.75, 3.05) is 19.0 Å². The van der Waals surface area contributed by atoms with Gasteiger partial charge in [0.2, 0.25) is 5.91 Å². The lowest BCUT2D eigenvalue weighted by molar-refractivity contribution is -0.111. The summed E-state index contributed by atoms with van der Waals surface area (Å²) in [4.78, 5) is 12.4. The largest absolute Gasteiger partial charge is 0.495 e. The third kappa shape index (κ3) is 6.28. The fourth-order valence-corrected chi connectivity index (χ4v) is 3.71. The summed E-state index contributed by atoms with van der Waals surface area (Å²) in [5.74, 6) is 1.46. The number of rotatable bonds is 9. The second kappa shape index (κ2) is 11.6. The van der Waals surface area contributed by atoms with Crippen LogP contribution in [0.2, 0.25) is 5.02 Å². The zero-order valence-corrected chi connectivity index (χ0v) is 20.1. The highest BCUT2D eigenvalue weighted by Gasteiger charge is 2.13. The van der Waals surface area contributed by atoms with Crippen molar-refractivity contribution in [3.8, 4) is 17.2 Å². The van der Waals surface area contributed by atoms with Crippen LogP contribution in [0.1, 0.15) is 18.1 Å². The smallest absolute Gasteiger partial charge is 0.248 e. The maximum absolute atomic E-state index is 12.4. The van der Waals surface area contributed by atoms with Gasteiger partial charge in [0.15, 0.2) is 11.5 Å². The minimum absolute atomic E-state index is 0.275. The van der Waals surface area contributed by atoms with Gasteiger partial charge in [0.05, 0.1) is 23.9 Å². The first-order valence-corrected chi connectivity index (χ1v) is 11.1. The Hall–Kier alpha value is -2.96. The summed E-state index contributed by atoms with van der Waals surface area (Å²) in [7, 11) is 1.56. The quantitative estimate of drug-likeness (QED) is 0.320. The molecular formula is C25H23BrClNO4. The Morgan fingerprint density at radius 3 is 2.56 bits per heavy atom. The van der Waals surface area contributed by atoms with Crippen molar-refractivity contribution in [3.63, 3.8) is 0 Å². The molecule has 0 radical (unpaired) electrons. The maximum Gasteiger partial charge on any atom is 0.248 e. The van der Waals surface area contributed by atoms with Gasteiger partial charge < -0.3 is 19.5 Å². The minimum Gasteiger partial charge on any atom is -0.495 e. The van der Waals surface area contributed by atoms with Crippen LogP contribution in [0.4, 0.5) is 5.69 Å². The molecule has 32 heavy (non-hydrogen) atoms. The van der Waals surface area contributed by atoms with Gasteiger partial charge in [0.25, 0.3) is 0 Å². The summed E-state index contributed by atoms with van der Waals surface area (Å²) >= 11 is 9.78. The van der Waals surface area contributed by atoms with Gasteiger partial charge in [-0.1, -0.05) is 41.9 Å². The lowest BCUT2D eigenvalue weighted by atomic mass is 10.1. The lowest BCUT2D eigenvalue weighted by Gasteiger charge is -2.15. The van der Waals surface area contributed by atoms with Crippen molar-refractivity contribution < 1.29 is 19.0 Å². The Morgan fingerprint density at radius 2 is 1.81 bits per heavy atom. The second-order valence-electron chi connectivity index (χ2n) is 6.67. The number of anilines is 1. The normalized spacial score (nSPS) is 10.8. The summed E-state index contributed by atoms with van der Waals surface area (Å²) in [6, 6.07) is 18.4. The first kappa shape index (κ1) is 23.7. The Bertz CT molecular complexity index is 1120. The molecule has 0 unspecified atom stereocenters. The van der Waals surface area contributed by atoms with Gasteiger partial charge in [-0.25, -0.2) is 0 Å². The number of nitrogens with one attached hydrogen (secondary N) is 1. The monoisotopic (exact) mass is 515 g/mol. The number of benzene rings is 3. The number of methoxy groups -OCH3 is 1. The molecule has 0 saturated carbocycles. The molecule has 166 valence electrons. The van der Waals surface area contributed by atoms with Crippen molar-refractivity contribution in [2.45, 2.75) is 13.5 Å². The van der Waals surface area contributed by atoms with Crippen LogP contribution in [0.25, 0.3) is 6.08 Å². The van der Waals surface area contributed by atoms with Crippen molar-refractivity contribution in [1.82, 2.24) is 0 Å². The van der Waals surface area contributed by atoms with Crippen molar-refractivity contribution in [3.05, 3.63) is 87.4 Å². The molecule has 0 saturated heterocycles. The molecule has 3 aromatic carbocycles. The van der Waals surface area contributed by atoms with E-state index in [4.69, 9.17) is 25.8 Å². The van der Waals surface area contributed by atoms with E-state index in [9.17, 15) is 4.79 Å². The SMILES string of the molecule is CCOc1cc(/C=C/C(=O)Nc2ccccc2OC)cc(Br)c1OCc1ccccc1Cl. The van der Waals surface area contributed by atoms with Crippen molar-refractivity contribution in [1.29, 1.82) is 0 Å². The summed E-state index contributed by atoms with van der Waals surface area (Å²) in [6.45, 7) is 2.67. The number of carbonyl (C=O) groups is 1. The van der Waals surface area contributed by atoms with Gasteiger partial charge in [-0.15, -0.1) is 0 Å². The molecule has 0 bridgehead atoms. The number of hydrogen-bond donors (Lipinski definition) is 1. The standard InChI is InChI=1S/C25H23BrClNO4/c1-3-31-23-15-17(12-13-24(29)28-21-10-6-7-11-22(21)30-2)14-19(26)25(23)32-16-18-8-4-5-9-20(18)27/h4-15H,3,16H2,1-2H3,(H,28,29)/b13-12+. The van der Waals surface area contributed by atoms with Gasteiger partial charge in [-0.05, 0) is 64.8 Å². The topological polar surface area (TPSA) is 56.8 Å². The Kier molecular flexibility index (Phi) is 8.59. The van der Waals surface area contributed by atoms with E-state index in [-0.39, 0.29) is 5.91 Å². The van der Waals surface area contributed by atoms with E-state index < -0.39 is 0 Å². The van der Waals surface area contributed by atoms with E-state index in [1.165, 1.54) is 6.08 Å². The summed E-state index contributed by atoms with van der Waals surface area (Å²) in [5.41, 5.74) is 2.25. The van der Waals surface area contributed by atoms with E-state index in [0.29, 0.717) is 45.6 Å². The highest BCUT2D eigenvalue weighted by molar-refractivity contribution is 9.10. The van der Waals surface area contributed by atoms with E-state index in [1.54, 1.807) is 25.3 Å². The van der Waals surface area contributed by atoms with Crippen LogP contribution in [0.5, 0.6) is 17.2 Å². The molecule has 1 N–H and O–H groups in total. The summed E-state index contributed by atoms with van der Waals surface area (Å²) < 4.78 is 17.7. The molecule has 0 aliphatic carbocycles. The fourth-order valence-electron chi connectivity index (χ4n) is 2.95. The number of ether oxygens (including phenoxy) is 3. The molecule has 3 rings (SSSR count). The Morgan fingerprint density at radius 1 is 1.06 bits per heavy atom. The molecule has 3 aromatic rings. The zero-order chi connectivity index (χ0) is 22.9. The van der Waals surface area contributed by atoms with Crippen LogP contribution in [-0.4, -0.2) is 19.6 Å². The van der Waals surface area contributed by atoms with E-state index in [0.717, 1.165) is 11.1 Å². The van der Waals surface area contributed by atoms with E-state index >= 15 is 0 Å². The van der Waals surface area contributed by atoms with Crippen LogP contribution in [-0.2, 0) is 11.4 Å².